The van der Waals surface area contributed by atoms with Gasteiger partial charge in [-0.25, -0.2) is 9.59 Å². The van der Waals surface area contributed by atoms with E-state index in [1.807, 2.05) is 0 Å². The Balaban J connectivity index is 1.69. The minimum absolute atomic E-state index is 0.180. The number of ether oxygens (including phenoxy) is 2. The molecule has 0 heterocycles. The van der Waals surface area contributed by atoms with E-state index in [1.54, 1.807) is 71.2 Å². The first-order valence-electron chi connectivity index (χ1n) is 13.1. The largest absolute Gasteiger partial charge is 0.506 e. The van der Waals surface area contributed by atoms with Gasteiger partial charge in [0, 0.05) is 41.8 Å². The van der Waals surface area contributed by atoms with Gasteiger partial charge < -0.3 is 35.2 Å². The number of aliphatic hydroxyl groups excluding tert-OH is 2. The van der Waals surface area contributed by atoms with Gasteiger partial charge in [0.05, 0.1) is 29.8 Å². The number of fused-ring (bicyclic) bond motifs is 5. The highest BCUT2D eigenvalue weighted by molar-refractivity contribution is 6.00. The van der Waals surface area contributed by atoms with Crippen molar-refractivity contribution in [2.45, 2.75) is 51.1 Å². The standard InChI is InChI=1S/C29H35NO9/c1-13-10-17-20(21(13)32)22(33)15(12-31)11-18-23-27(3,4)29(23,39-26(35)36)24(14(2)28(17,18)37)38-25(34)16-8-6-7-9-19(16)30-5/h6-11,14,17-18,20,22-24,30-31,33,37H,12H2,1-5H3,(H,35,36)/t14-,17-,18+,20-,22-,23-,24-,28+,29-/m1/s1. The molecule has 0 aliphatic heterocycles. The number of anilines is 1. The number of allylic oxidation sites excluding steroid dienone is 1. The van der Waals surface area contributed by atoms with Gasteiger partial charge in [0.15, 0.2) is 11.4 Å². The van der Waals surface area contributed by atoms with Crippen LogP contribution in [0.3, 0.4) is 0 Å². The highest BCUT2D eigenvalue weighted by atomic mass is 16.7. The van der Waals surface area contributed by atoms with E-state index in [0.29, 0.717) is 11.3 Å². The summed E-state index contributed by atoms with van der Waals surface area (Å²) in [5.41, 5.74) is -2.88. The van der Waals surface area contributed by atoms with Crippen LogP contribution in [0.2, 0.25) is 0 Å². The number of rotatable bonds is 5. The van der Waals surface area contributed by atoms with Gasteiger partial charge in [-0.1, -0.05) is 45.1 Å². The van der Waals surface area contributed by atoms with Gasteiger partial charge in [-0.2, -0.15) is 0 Å². The maximum Gasteiger partial charge on any atom is 0.506 e. The van der Waals surface area contributed by atoms with Crippen LogP contribution in [0.15, 0.2) is 47.6 Å². The smallest absolute Gasteiger partial charge is 0.454 e. The molecule has 5 N–H and O–H groups in total. The highest BCUT2D eigenvalue weighted by Crippen LogP contribution is 2.77. The number of carbonyl (C=O) groups excluding carboxylic acids is 2. The van der Waals surface area contributed by atoms with Crippen LogP contribution in [0.25, 0.3) is 0 Å². The predicted molar refractivity (Wildman–Crippen MR) is 139 cm³/mol. The van der Waals surface area contributed by atoms with Gasteiger partial charge in [0.25, 0.3) is 0 Å². The number of hydrogen-bond donors (Lipinski definition) is 5. The first-order chi connectivity index (χ1) is 18.3. The molecular weight excluding hydrogens is 506 g/mol. The van der Waals surface area contributed by atoms with E-state index in [4.69, 9.17) is 9.47 Å². The van der Waals surface area contributed by atoms with E-state index >= 15 is 0 Å². The Hall–Kier alpha value is -3.21. The average Bonchev–Trinajstić information content (AvgIpc) is 3.24. The maximum absolute atomic E-state index is 13.6. The third-order valence-electron chi connectivity index (χ3n) is 9.91. The highest BCUT2D eigenvalue weighted by Gasteiger charge is 2.87. The first kappa shape index (κ1) is 27.4. The second kappa shape index (κ2) is 8.90. The lowest BCUT2D eigenvalue weighted by Crippen LogP contribution is -2.64. The molecule has 2 saturated carbocycles. The Morgan fingerprint density at radius 1 is 1.13 bits per heavy atom. The third-order valence-corrected chi connectivity index (χ3v) is 9.91. The number of carboxylic acid groups (broad SMARTS) is 1. The number of carbonyl (C=O) groups is 3. The second-order valence-corrected chi connectivity index (χ2v) is 11.8. The minimum Gasteiger partial charge on any atom is -0.454 e. The molecule has 4 aliphatic carbocycles. The number of hydrogen-bond acceptors (Lipinski definition) is 9. The summed E-state index contributed by atoms with van der Waals surface area (Å²) in [5, 5.41) is 46.8. The Labute approximate surface area is 226 Å². The Kier molecular flexibility index (Phi) is 6.25. The molecule has 10 nitrogen and oxygen atoms in total. The van der Waals surface area contributed by atoms with Gasteiger partial charge in [-0.15, -0.1) is 0 Å². The predicted octanol–water partition coefficient (Wildman–Crippen LogP) is 2.39. The van der Waals surface area contributed by atoms with Crippen molar-refractivity contribution in [2.75, 3.05) is 19.0 Å². The maximum atomic E-state index is 13.6. The fourth-order valence-electron chi connectivity index (χ4n) is 7.99. The van der Waals surface area contributed by atoms with Gasteiger partial charge in [-0.3, -0.25) is 4.79 Å². The van der Waals surface area contributed by atoms with Crippen LogP contribution in [-0.4, -0.2) is 75.4 Å². The summed E-state index contributed by atoms with van der Waals surface area (Å²) in [7, 11) is 1.66. The lowest BCUT2D eigenvalue weighted by Gasteiger charge is -2.51. The van der Waals surface area contributed by atoms with E-state index in [9.17, 15) is 34.8 Å². The van der Waals surface area contributed by atoms with Crippen molar-refractivity contribution in [3.8, 4) is 0 Å². The molecule has 210 valence electrons. The normalized spacial score (nSPS) is 39.7. The van der Waals surface area contributed by atoms with Crippen molar-refractivity contribution < 1.29 is 44.3 Å². The number of ketones is 1. The average molecular weight is 542 g/mol. The fourth-order valence-corrected chi connectivity index (χ4v) is 7.99. The number of benzene rings is 1. The Bertz CT molecular complexity index is 1300. The van der Waals surface area contributed by atoms with Crippen LogP contribution >= 0.6 is 0 Å². The molecule has 9 atom stereocenters. The molecule has 0 spiro atoms. The minimum atomic E-state index is -1.74. The molecular formula is C29H35NO9. The molecule has 2 fully saturated rings. The molecule has 4 aliphatic rings. The lowest BCUT2D eigenvalue weighted by molar-refractivity contribution is -0.197. The molecule has 0 radical (unpaired) electrons. The van der Waals surface area contributed by atoms with Gasteiger partial charge >= 0.3 is 12.1 Å². The molecule has 0 saturated heterocycles. The molecule has 10 heteroatoms. The fraction of sp³-hybridized carbons (Fsp3) is 0.552. The van der Waals surface area contributed by atoms with Gasteiger partial charge in [-0.05, 0) is 30.2 Å². The summed E-state index contributed by atoms with van der Waals surface area (Å²) < 4.78 is 11.7. The van der Waals surface area contributed by atoms with Crippen LogP contribution in [0.5, 0.6) is 0 Å². The van der Waals surface area contributed by atoms with Crippen LogP contribution in [0.4, 0.5) is 10.5 Å². The number of esters is 1. The lowest BCUT2D eigenvalue weighted by atomic mass is 9.59. The van der Waals surface area contributed by atoms with Crippen molar-refractivity contribution in [1.29, 1.82) is 0 Å². The molecule has 1 aromatic rings. The van der Waals surface area contributed by atoms with Crippen LogP contribution in [0, 0.1) is 35.0 Å². The summed E-state index contributed by atoms with van der Waals surface area (Å²) in [4.78, 5) is 38.8. The number of Topliss-reactive ketones (excluding diaryl/α,β-unsaturated/α-hetero) is 1. The molecule has 0 amide bonds. The van der Waals surface area contributed by atoms with Crippen molar-refractivity contribution in [1.82, 2.24) is 0 Å². The molecule has 1 aromatic carbocycles. The molecule has 5 rings (SSSR count). The van der Waals surface area contributed by atoms with E-state index in [-0.39, 0.29) is 16.9 Å². The quantitative estimate of drug-likeness (QED) is 0.276. The topological polar surface area (TPSA) is 163 Å². The molecule has 0 unspecified atom stereocenters. The van der Waals surface area contributed by atoms with Crippen molar-refractivity contribution >= 4 is 23.6 Å². The second-order valence-electron chi connectivity index (χ2n) is 11.8. The first-order valence-corrected chi connectivity index (χ1v) is 13.1. The van der Waals surface area contributed by atoms with Gasteiger partial charge in [0.1, 0.15) is 6.10 Å². The van der Waals surface area contributed by atoms with Crippen molar-refractivity contribution in [2.24, 2.45) is 35.0 Å². The SMILES string of the molecule is CNc1ccccc1C(=O)O[C@@H]1[C@@H](C)[C@]2(O)[C@@H]3C=C(C)C(=O)[C@@H]3[C@H](O)C(CO)=C[C@H]2[C@@H]2C(C)(C)[C@]12OC(=O)O. The molecule has 39 heavy (non-hydrogen) atoms. The summed E-state index contributed by atoms with van der Waals surface area (Å²) >= 11 is 0. The Morgan fingerprint density at radius 2 is 1.79 bits per heavy atom. The van der Waals surface area contributed by atoms with Crippen molar-refractivity contribution in [3.05, 3.63) is 53.1 Å². The van der Waals surface area contributed by atoms with Crippen LogP contribution in [-0.2, 0) is 14.3 Å². The molecule has 0 bridgehead atoms. The number of para-hydroxylation sites is 1. The van der Waals surface area contributed by atoms with E-state index < -0.39 is 77.1 Å². The van der Waals surface area contributed by atoms with Crippen molar-refractivity contribution in [3.63, 3.8) is 0 Å². The zero-order valence-electron chi connectivity index (χ0n) is 22.5. The zero-order chi connectivity index (χ0) is 28.7. The third kappa shape index (κ3) is 3.47. The molecule has 0 aromatic heterocycles. The van der Waals surface area contributed by atoms with Gasteiger partial charge in [0.2, 0.25) is 0 Å². The summed E-state index contributed by atoms with van der Waals surface area (Å²) in [5.74, 6) is -5.41. The monoisotopic (exact) mass is 541 g/mol. The number of nitrogens with one attached hydrogen (secondary N) is 1. The number of aliphatic hydroxyl groups is 3. The summed E-state index contributed by atoms with van der Waals surface area (Å²) in [6.07, 6.45) is -0.904. The summed E-state index contributed by atoms with van der Waals surface area (Å²) in [6, 6.07) is 6.71. The van der Waals surface area contributed by atoms with E-state index in [0.717, 1.165) is 0 Å². The van der Waals surface area contributed by atoms with Crippen LogP contribution < -0.4 is 5.32 Å². The van der Waals surface area contributed by atoms with E-state index in [2.05, 4.69) is 5.32 Å². The van der Waals surface area contributed by atoms with E-state index in [1.165, 1.54) is 0 Å². The Morgan fingerprint density at radius 3 is 2.41 bits per heavy atom. The zero-order valence-corrected chi connectivity index (χ0v) is 22.5. The summed E-state index contributed by atoms with van der Waals surface area (Å²) in [6.45, 7) is 6.29. The van der Waals surface area contributed by atoms with Crippen LogP contribution in [0.1, 0.15) is 38.1 Å².